The summed E-state index contributed by atoms with van der Waals surface area (Å²) in [6, 6.07) is 13.5. The number of nitrogens with one attached hydrogen (secondary N) is 4. The highest BCUT2D eigenvalue weighted by atomic mass is 16.4. The third-order valence-corrected chi connectivity index (χ3v) is 8.26. The number of hydrogen-bond acceptors (Lipinski definition) is 5. The van der Waals surface area contributed by atoms with Crippen LogP contribution < -0.4 is 21.3 Å². The number of carbonyl (C=O) groups excluding carboxylic acids is 4. The molecule has 1 aliphatic rings. The second kappa shape index (κ2) is 20.6. The average Bonchev–Trinajstić information content (AvgIpc) is 3.06. The van der Waals surface area contributed by atoms with Crippen LogP contribution in [0.1, 0.15) is 99.0 Å². The van der Waals surface area contributed by atoms with Crippen molar-refractivity contribution in [1.82, 2.24) is 21.3 Å². The number of carboxylic acid groups (broad SMARTS) is 1. The summed E-state index contributed by atoms with van der Waals surface area (Å²) in [4.78, 5) is 63.9. The number of benzene rings is 2. The first-order valence-corrected chi connectivity index (χ1v) is 17.0. The van der Waals surface area contributed by atoms with Crippen molar-refractivity contribution in [3.05, 3.63) is 83.4 Å². The van der Waals surface area contributed by atoms with Crippen molar-refractivity contribution in [2.24, 2.45) is 0 Å². The molecule has 0 bridgehead atoms. The lowest BCUT2D eigenvalue weighted by Crippen LogP contribution is -2.55. The number of amides is 4. The van der Waals surface area contributed by atoms with Gasteiger partial charge in [0.05, 0.1) is 11.6 Å². The van der Waals surface area contributed by atoms with Gasteiger partial charge in [-0.05, 0) is 55.4 Å². The Morgan fingerprint density at radius 2 is 1.60 bits per heavy atom. The molecule has 3 rings (SSSR count). The van der Waals surface area contributed by atoms with Gasteiger partial charge in [0, 0.05) is 25.5 Å². The Morgan fingerprint density at radius 1 is 0.894 bits per heavy atom. The minimum absolute atomic E-state index is 0.147. The predicted molar refractivity (Wildman–Crippen MR) is 182 cm³/mol. The summed E-state index contributed by atoms with van der Waals surface area (Å²) in [7, 11) is 0. The van der Waals surface area contributed by atoms with Crippen molar-refractivity contribution in [2.75, 3.05) is 6.54 Å². The van der Waals surface area contributed by atoms with Crippen molar-refractivity contribution in [3.63, 3.8) is 0 Å². The third kappa shape index (κ3) is 14.2. The van der Waals surface area contributed by atoms with E-state index in [1.165, 1.54) is 37.5 Å². The zero-order chi connectivity index (χ0) is 33.9. The summed E-state index contributed by atoms with van der Waals surface area (Å²) < 4.78 is 0. The molecule has 47 heavy (non-hydrogen) atoms. The van der Waals surface area contributed by atoms with Gasteiger partial charge in [-0.25, -0.2) is 4.79 Å². The van der Waals surface area contributed by atoms with Gasteiger partial charge in [0.2, 0.25) is 23.6 Å². The summed E-state index contributed by atoms with van der Waals surface area (Å²) >= 11 is 0. The largest absolute Gasteiger partial charge is 0.478 e. The minimum atomic E-state index is -1.04. The molecule has 2 aromatic carbocycles. The Kier molecular flexibility index (Phi) is 16.2. The molecule has 2 aromatic rings. The van der Waals surface area contributed by atoms with Crippen LogP contribution in [-0.4, -0.2) is 59.4 Å². The molecule has 3 atom stereocenters. The minimum Gasteiger partial charge on any atom is -0.478 e. The summed E-state index contributed by atoms with van der Waals surface area (Å²) in [6.45, 7) is 2.61. The standard InChI is InChI=1S/C37H50N4O6/c1-2-3-4-5-6-7-11-17-34(43)40-32(26-27-14-9-8-10-15-27)36(45)41-31-16-12-13-24-38-33(42)23-22-30(39-35(31)44)25-28-18-20-29(21-19-28)37(46)47/h8-10,14-15,18-23,30-32H,2-7,11-13,16-17,24-26H2,1H3,(H,38,42)(H,39,44)(H,40,43)(H,41,45)(H,46,47)/b23-22+/t30-,31+,32+/m1/s1. The molecule has 254 valence electrons. The van der Waals surface area contributed by atoms with E-state index in [0.717, 1.165) is 36.8 Å². The van der Waals surface area contributed by atoms with Crippen LogP contribution in [0.2, 0.25) is 0 Å². The molecular formula is C37H50N4O6. The van der Waals surface area contributed by atoms with Crippen LogP contribution in [0.3, 0.4) is 0 Å². The topological polar surface area (TPSA) is 154 Å². The zero-order valence-corrected chi connectivity index (χ0v) is 27.5. The molecule has 0 aromatic heterocycles. The van der Waals surface area contributed by atoms with Crippen LogP contribution in [0, 0.1) is 0 Å². The smallest absolute Gasteiger partial charge is 0.335 e. The Hall–Kier alpha value is -4.47. The summed E-state index contributed by atoms with van der Waals surface area (Å²) in [5.74, 6) is -2.33. The van der Waals surface area contributed by atoms with E-state index in [1.54, 1.807) is 18.2 Å². The molecule has 5 N–H and O–H groups in total. The van der Waals surface area contributed by atoms with E-state index in [4.69, 9.17) is 0 Å². The van der Waals surface area contributed by atoms with E-state index in [9.17, 15) is 29.1 Å². The van der Waals surface area contributed by atoms with Gasteiger partial charge in [-0.2, -0.15) is 0 Å². The third-order valence-electron chi connectivity index (χ3n) is 8.26. The average molecular weight is 647 g/mol. The first kappa shape index (κ1) is 37.0. The Labute approximate surface area is 278 Å². The van der Waals surface area contributed by atoms with Crippen molar-refractivity contribution in [3.8, 4) is 0 Å². The number of rotatable bonds is 16. The second-order valence-corrected chi connectivity index (χ2v) is 12.2. The fraction of sp³-hybridized carbons (Fsp3) is 0.486. The Balaban J connectivity index is 1.70. The van der Waals surface area contributed by atoms with Gasteiger partial charge in [-0.1, -0.05) is 94.0 Å². The number of unbranched alkanes of at least 4 members (excludes halogenated alkanes) is 6. The number of carboxylic acids is 1. The molecule has 0 saturated heterocycles. The SMILES string of the molecule is CCCCCCCCCC(=O)N[C@@H](Cc1ccccc1)C(=O)N[C@H]1CCCCNC(=O)/C=C/[C@H](Cc2ccc(C(=O)O)cc2)NC1=O. The van der Waals surface area contributed by atoms with E-state index < -0.39 is 35.9 Å². The molecule has 4 amide bonds. The fourth-order valence-electron chi connectivity index (χ4n) is 5.54. The van der Waals surface area contributed by atoms with Gasteiger partial charge < -0.3 is 26.4 Å². The molecule has 0 aliphatic carbocycles. The Bertz CT molecular complexity index is 1330. The molecule has 1 aliphatic heterocycles. The second-order valence-electron chi connectivity index (χ2n) is 12.2. The Morgan fingerprint density at radius 3 is 2.30 bits per heavy atom. The lowest BCUT2D eigenvalue weighted by Gasteiger charge is -2.25. The number of carbonyl (C=O) groups is 5. The normalized spacial score (nSPS) is 18.4. The number of aromatic carboxylic acids is 1. The lowest BCUT2D eigenvalue weighted by molar-refractivity contribution is -0.132. The van der Waals surface area contributed by atoms with Crippen LogP contribution >= 0.6 is 0 Å². The van der Waals surface area contributed by atoms with E-state index in [-0.39, 0.29) is 23.8 Å². The lowest BCUT2D eigenvalue weighted by atomic mass is 10.0. The first-order chi connectivity index (χ1) is 22.7. The fourth-order valence-corrected chi connectivity index (χ4v) is 5.54. The monoisotopic (exact) mass is 646 g/mol. The van der Waals surface area contributed by atoms with Crippen molar-refractivity contribution >= 4 is 29.6 Å². The van der Waals surface area contributed by atoms with Gasteiger partial charge in [0.25, 0.3) is 0 Å². The summed E-state index contributed by atoms with van der Waals surface area (Å²) in [5, 5.41) is 20.8. The van der Waals surface area contributed by atoms with E-state index in [1.807, 2.05) is 30.3 Å². The van der Waals surface area contributed by atoms with Gasteiger partial charge in [0.1, 0.15) is 12.1 Å². The quantitative estimate of drug-likeness (QED) is 0.168. The van der Waals surface area contributed by atoms with Crippen LogP contribution in [0.5, 0.6) is 0 Å². The molecule has 0 saturated carbocycles. The molecule has 10 nitrogen and oxygen atoms in total. The van der Waals surface area contributed by atoms with Crippen LogP contribution in [0.25, 0.3) is 0 Å². The van der Waals surface area contributed by atoms with Crippen molar-refractivity contribution in [1.29, 1.82) is 0 Å². The number of hydrogen-bond donors (Lipinski definition) is 5. The summed E-state index contributed by atoms with van der Waals surface area (Å²) in [5.41, 5.74) is 1.81. The predicted octanol–water partition coefficient (Wildman–Crippen LogP) is 4.62. The molecule has 10 heteroatoms. The van der Waals surface area contributed by atoms with Gasteiger partial charge in [-0.3, -0.25) is 19.2 Å². The molecule has 0 fully saturated rings. The zero-order valence-electron chi connectivity index (χ0n) is 27.5. The maximum absolute atomic E-state index is 13.7. The molecule has 1 heterocycles. The molecule has 0 spiro atoms. The molecule has 0 radical (unpaired) electrons. The molecule has 0 unspecified atom stereocenters. The molecular weight excluding hydrogens is 596 g/mol. The highest BCUT2D eigenvalue weighted by Crippen LogP contribution is 2.12. The van der Waals surface area contributed by atoms with E-state index in [2.05, 4.69) is 28.2 Å². The highest BCUT2D eigenvalue weighted by Gasteiger charge is 2.28. The van der Waals surface area contributed by atoms with Crippen LogP contribution in [0.15, 0.2) is 66.7 Å². The van der Waals surface area contributed by atoms with Gasteiger partial charge in [0.15, 0.2) is 0 Å². The highest BCUT2D eigenvalue weighted by molar-refractivity contribution is 5.93. The van der Waals surface area contributed by atoms with Crippen LogP contribution in [-0.2, 0) is 32.0 Å². The van der Waals surface area contributed by atoms with E-state index >= 15 is 0 Å². The van der Waals surface area contributed by atoms with E-state index in [0.29, 0.717) is 38.6 Å². The first-order valence-electron chi connectivity index (χ1n) is 17.0. The van der Waals surface area contributed by atoms with Crippen molar-refractivity contribution in [2.45, 2.75) is 109 Å². The maximum atomic E-state index is 13.7. The summed E-state index contributed by atoms with van der Waals surface area (Å²) in [6.07, 6.45) is 13.1. The van der Waals surface area contributed by atoms with Gasteiger partial charge in [-0.15, -0.1) is 0 Å². The maximum Gasteiger partial charge on any atom is 0.335 e. The van der Waals surface area contributed by atoms with Gasteiger partial charge >= 0.3 is 5.97 Å². The van der Waals surface area contributed by atoms with Crippen LogP contribution in [0.4, 0.5) is 0 Å². The van der Waals surface area contributed by atoms with Crippen molar-refractivity contribution < 1.29 is 29.1 Å².